The number of rotatable bonds is 4. The number of hydrogen-bond acceptors (Lipinski definition) is 4. The van der Waals surface area contributed by atoms with Crippen LogP contribution in [0.25, 0.3) is 0 Å². The summed E-state index contributed by atoms with van der Waals surface area (Å²) in [6.45, 7) is 4.25. The molecule has 1 fully saturated rings. The van der Waals surface area contributed by atoms with E-state index in [-0.39, 0.29) is 11.7 Å². The van der Waals surface area contributed by atoms with Crippen LogP contribution in [0.15, 0.2) is 23.4 Å². The first-order chi connectivity index (χ1) is 9.67. The number of nitrogens with zero attached hydrogens (tertiary/aromatic N) is 2. The van der Waals surface area contributed by atoms with Gasteiger partial charge in [0.15, 0.2) is 0 Å². The van der Waals surface area contributed by atoms with Crippen molar-refractivity contribution in [1.82, 2.24) is 4.90 Å². The summed E-state index contributed by atoms with van der Waals surface area (Å²) in [6.07, 6.45) is 1.67. The van der Waals surface area contributed by atoms with Gasteiger partial charge in [-0.3, -0.25) is 4.90 Å². The highest BCUT2D eigenvalue weighted by Crippen LogP contribution is 2.22. The number of likely N-dealkylation sites (tertiary alicyclic amines) is 1. The van der Waals surface area contributed by atoms with Gasteiger partial charge in [-0.05, 0) is 12.5 Å². The molecule has 0 spiro atoms. The molecule has 0 bridgehead atoms. The van der Waals surface area contributed by atoms with Crippen LogP contribution in [-0.2, 0) is 6.54 Å². The molecule has 0 saturated carbocycles. The summed E-state index contributed by atoms with van der Waals surface area (Å²) in [6, 6.07) is 4.96. The van der Waals surface area contributed by atoms with Gasteiger partial charge in [-0.2, -0.15) is 0 Å². The van der Waals surface area contributed by atoms with Crippen LogP contribution in [0.5, 0.6) is 5.75 Å². The monoisotopic (exact) mass is 280 g/mol. The van der Waals surface area contributed by atoms with Crippen LogP contribution in [0.2, 0.25) is 0 Å². The van der Waals surface area contributed by atoms with Crippen molar-refractivity contribution in [2.75, 3.05) is 20.2 Å². The molecule has 0 radical (unpaired) electrons. The van der Waals surface area contributed by atoms with E-state index in [0.29, 0.717) is 17.9 Å². The van der Waals surface area contributed by atoms with Crippen LogP contribution >= 0.6 is 0 Å². The Morgan fingerprint density at radius 3 is 2.90 bits per heavy atom. The molecule has 0 aromatic heterocycles. The minimum Gasteiger partial charge on any atom is -0.497 e. The zero-order valence-corrected chi connectivity index (χ0v) is 12.0. The SMILES string of the molecule is CCC1CN(Cc2ccc(OC)cc2F)CC/C1=N\O. The lowest BCUT2D eigenvalue weighted by atomic mass is 9.93. The Bertz CT molecular complexity index is 491. The molecule has 1 aliphatic heterocycles. The van der Waals surface area contributed by atoms with E-state index in [1.54, 1.807) is 12.1 Å². The molecule has 5 heteroatoms. The third-order valence-electron chi connectivity index (χ3n) is 3.91. The zero-order valence-electron chi connectivity index (χ0n) is 12.0. The van der Waals surface area contributed by atoms with E-state index in [2.05, 4.69) is 17.0 Å². The van der Waals surface area contributed by atoms with Crippen molar-refractivity contribution in [3.05, 3.63) is 29.6 Å². The number of benzene rings is 1. The van der Waals surface area contributed by atoms with Gasteiger partial charge in [-0.25, -0.2) is 4.39 Å². The molecule has 4 nitrogen and oxygen atoms in total. The predicted octanol–water partition coefficient (Wildman–Crippen LogP) is 2.90. The topological polar surface area (TPSA) is 45.1 Å². The summed E-state index contributed by atoms with van der Waals surface area (Å²) in [5, 5.41) is 12.3. The highest BCUT2D eigenvalue weighted by atomic mass is 19.1. The molecule has 1 saturated heterocycles. The Balaban J connectivity index is 2.04. The number of piperidine rings is 1. The molecule has 20 heavy (non-hydrogen) atoms. The van der Waals surface area contributed by atoms with Crippen molar-refractivity contribution in [3.8, 4) is 5.75 Å². The Kier molecular flexibility index (Phi) is 4.95. The fourth-order valence-corrected chi connectivity index (χ4v) is 2.65. The average molecular weight is 280 g/mol. The van der Waals surface area contributed by atoms with Crippen LogP contribution in [-0.4, -0.2) is 36.0 Å². The first kappa shape index (κ1) is 14.8. The smallest absolute Gasteiger partial charge is 0.131 e. The van der Waals surface area contributed by atoms with Gasteiger partial charge in [0.05, 0.1) is 12.8 Å². The standard InChI is InChI=1S/C15H21FN2O2/c1-3-11-9-18(7-6-15(11)17-19)10-12-4-5-13(20-2)8-14(12)16/h4-5,8,11,19H,3,6-7,9-10H2,1-2H3/b17-15+. The largest absolute Gasteiger partial charge is 0.497 e. The highest BCUT2D eigenvalue weighted by Gasteiger charge is 2.25. The second-order valence-electron chi connectivity index (χ2n) is 5.14. The molecule has 0 aliphatic carbocycles. The van der Waals surface area contributed by atoms with Gasteiger partial charge in [0.1, 0.15) is 11.6 Å². The summed E-state index contributed by atoms with van der Waals surface area (Å²) in [5.74, 6) is 0.556. The number of hydrogen-bond donors (Lipinski definition) is 1. The summed E-state index contributed by atoms with van der Waals surface area (Å²) in [5.41, 5.74) is 1.53. The van der Waals surface area contributed by atoms with Gasteiger partial charge < -0.3 is 9.94 Å². The van der Waals surface area contributed by atoms with E-state index in [9.17, 15) is 4.39 Å². The quantitative estimate of drug-likeness (QED) is 0.681. The Labute approximate surface area is 118 Å². The Morgan fingerprint density at radius 1 is 1.50 bits per heavy atom. The number of ether oxygens (including phenoxy) is 1. The summed E-state index contributed by atoms with van der Waals surface area (Å²) >= 11 is 0. The Morgan fingerprint density at radius 2 is 2.30 bits per heavy atom. The number of halogens is 1. The van der Waals surface area contributed by atoms with Gasteiger partial charge in [0.25, 0.3) is 0 Å². The molecule has 1 heterocycles. The zero-order chi connectivity index (χ0) is 14.5. The predicted molar refractivity (Wildman–Crippen MR) is 75.8 cm³/mol. The van der Waals surface area contributed by atoms with E-state index in [1.165, 1.54) is 13.2 Å². The van der Waals surface area contributed by atoms with E-state index in [1.807, 2.05) is 0 Å². The van der Waals surface area contributed by atoms with Crippen LogP contribution in [0.3, 0.4) is 0 Å². The van der Waals surface area contributed by atoms with E-state index >= 15 is 0 Å². The molecule has 0 amide bonds. The normalized spacial score (nSPS) is 22.1. The molecule has 2 rings (SSSR count). The lowest BCUT2D eigenvalue weighted by Crippen LogP contribution is -2.40. The van der Waals surface area contributed by atoms with Crippen LogP contribution in [0, 0.1) is 11.7 Å². The maximum absolute atomic E-state index is 13.9. The van der Waals surface area contributed by atoms with Crippen molar-refractivity contribution < 1.29 is 14.3 Å². The lowest BCUT2D eigenvalue weighted by Gasteiger charge is -2.32. The second-order valence-corrected chi connectivity index (χ2v) is 5.14. The molecular weight excluding hydrogens is 259 g/mol. The first-order valence-electron chi connectivity index (χ1n) is 6.93. The fourth-order valence-electron chi connectivity index (χ4n) is 2.65. The van der Waals surface area contributed by atoms with Crippen molar-refractivity contribution in [2.45, 2.75) is 26.3 Å². The highest BCUT2D eigenvalue weighted by molar-refractivity contribution is 5.87. The van der Waals surface area contributed by atoms with Gasteiger partial charge >= 0.3 is 0 Å². The molecule has 1 atom stereocenters. The summed E-state index contributed by atoms with van der Waals surface area (Å²) < 4.78 is 18.9. The molecule has 1 N–H and O–H groups in total. The molecule has 1 aromatic rings. The van der Waals surface area contributed by atoms with Crippen molar-refractivity contribution >= 4 is 5.71 Å². The molecular formula is C15H21FN2O2. The maximum atomic E-state index is 13.9. The third-order valence-corrected chi connectivity index (χ3v) is 3.91. The van der Waals surface area contributed by atoms with E-state index in [4.69, 9.17) is 9.94 Å². The van der Waals surface area contributed by atoms with Crippen LogP contribution < -0.4 is 4.74 Å². The van der Waals surface area contributed by atoms with Crippen molar-refractivity contribution in [1.29, 1.82) is 0 Å². The van der Waals surface area contributed by atoms with Gasteiger partial charge in [-0.1, -0.05) is 18.1 Å². The minimum atomic E-state index is -0.237. The van der Waals surface area contributed by atoms with Gasteiger partial charge in [-0.15, -0.1) is 0 Å². The van der Waals surface area contributed by atoms with E-state index < -0.39 is 0 Å². The molecule has 110 valence electrons. The van der Waals surface area contributed by atoms with Crippen molar-refractivity contribution in [3.63, 3.8) is 0 Å². The third kappa shape index (κ3) is 3.28. The van der Waals surface area contributed by atoms with Crippen LogP contribution in [0.4, 0.5) is 4.39 Å². The molecule has 1 aromatic carbocycles. The molecule has 1 aliphatic rings. The van der Waals surface area contributed by atoms with E-state index in [0.717, 1.165) is 31.6 Å². The van der Waals surface area contributed by atoms with Crippen molar-refractivity contribution in [2.24, 2.45) is 11.1 Å². The van der Waals surface area contributed by atoms with Gasteiger partial charge in [0, 0.05) is 43.6 Å². The second kappa shape index (κ2) is 6.70. The average Bonchev–Trinajstić information content (AvgIpc) is 2.49. The summed E-state index contributed by atoms with van der Waals surface area (Å²) in [4.78, 5) is 2.20. The number of oxime groups is 1. The number of methoxy groups -OCH3 is 1. The van der Waals surface area contributed by atoms with Crippen LogP contribution in [0.1, 0.15) is 25.3 Å². The first-order valence-corrected chi connectivity index (χ1v) is 6.93. The molecule has 1 unspecified atom stereocenters. The minimum absolute atomic E-state index is 0.237. The summed E-state index contributed by atoms with van der Waals surface area (Å²) in [7, 11) is 1.53. The Hall–Kier alpha value is -1.62. The maximum Gasteiger partial charge on any atom is 0.131 e. The van der Waals surface area contributed by atoms with Gasteiger partial charge in [0.2, 0.25) is 0 Å². The lowest BCUT2D eigenvalue weighted by molar-refractivity contribution is 0.218. The fraction of sp³-hybridized carbons (Fsp3) is 0.533.